The van der Waals surface area contributed by atoms with Gasteiger partial charge in [0.05, 0.1) is 18.5 Å². The third-order valence-electron chi connectivity index (χ3n) is 4.42. The summed E-state index contributed by atoms with van der Waals surface area (Å²) in [6, 6.07) is 15.3. The van der Waals surface area contributed by atoms with Crippen molar-refractivity contribution in [1.29, 1.82) is 0 Å². The van der Waals surface area contributed by atoms with Crippen molar-refractivity contribution in [3.63, 3.8) is 0 Å². The second kappa shape index (κ2) is 6.59. The summed E-state index contributed by atoms with van der Waals surface area (Å²) in [6.07, 6.45) is 2.24. The topological polar surface area (TPSA) is 50.8 Å². The maximum atomic E-state index is 13.6. The van der Waals surface area contributed by atoms with Crippen LogP contribution in [0, 0.1) is 5.95 Å². The molecule has 4 nitrogen and oxygen atoms in total. The van der Waals surface area contributed by atoms with E-state index in [4.69, 9.17) is 9.72 Å². The highest BCUT2D eigenvalue weighted by molar-refractivity contribution is 5.90. The van der Waals surface area contributed by atoms with E-state index in [2.05, 4.69) is 16.0 Å². The lowest BCUT2D eigenvalue weighted by Crippen LogP contribution is -1.88. The molecule has 2 heterocycles. The van der Waals surface area contributed by atoms with E-state index in [1.807, 2.05) is 37.3 Å². The molecule has 0 atom stereocenters. The summed E-state index contributed by atoms with van der Waals surface area (Å²) in [5.74, 6) is 1.18. The van der Waals surface area contributed by atoms with Crippen LogP contribution in [0.2, 0.25) is 0 Å². The van der Waals surface area contributed by atoms with Crippen molar-refractivity contribution in [3.05, 3.63) is 66.5 Å². The van der Waals surface area contributed by atoms with E-state index in [0.717, 1.165) is 51.3 Å². The van der Waals surface area contributed by atoms with Crippen LogP contribution in [0.5, 0.6) is 5.75 Å². The van der Waals surface area contributed by atoms with Gasteiger partial charge in [0.25, 0.3) is 0 Å². The zero-order valence-corrected chi connectivity index (χ0v) is 14.6. The van der Waals surface area contributed by atoms with Crippen LogP contribution in [0.25, 0.3) is 33.3 Å². The van der Waals surface area contributed by atoms with Gasteiger partial charge in [0.2, 0.25) is 5.95 Å². The average Bonchev–Trinajstić information content (AvgIpc) is 3.11. The van der Waals surface area contributed by atoms with Gasteiger partial charge in [-0.15, -0.1) is 0 Å². The number of nitrogens with one attached hydrogen (secondary N) is 1. The maximum Gasteiger partial charge on any atom is 0.213 e. The molecule has 0 saturated heterocycles. The Hall–Kier alpha value is -3.21. The van der Waals surface area contributed by atoms with E-state index in [-0.39, 0.29) is 0 Å². The van der Waals surface area contributed by atoms with Gasteiger partial charge in [-0.3, -0.25) is 0 Å². The normalized spacial score (nSPS) is 11.0. The van der Waals surface area contributed by atoms with Gasteiger partial charge < -0.3 is 9.72 Å². The SMILES string of the molecule is CCc1nc(-c2ccc3cc(OC)ccc3c2)c(-c2ccnc(F)c2)[nH]1. The highest BCUT2D eigenvalue weighted by Crippen LogP contribution is 2.33. The van der Waals surface area contributed by atoms with Crippen molar-refractivity contribution in [3.8, 4) is 28.3 Å². The van der Waals surface area contributed by atoms with Crippen LogP contribution in [0.4, 0.5) is 4.39 Å². The monoisotopic (exact) mass is 347 g/mol. The molecule has 5 heteroatoms. The molecule has 0 spiro atoms. The number of hydrogen-bond donors (Lipinski definition) is 1. The highest BCUT2D eigenvalue weighted by Gasteiger charge is 2.15. The predicted molar refractivity (Wildman–Crippen MR) is 101 cm³/mol. The number of methoxy groups -OCH3 is 1. The average molecular weight is 347 g/mol. The van der Waals surface area contributed by atoms with E-state index < -0.39 is 5.95 Å². The number of H-pyrrole nitrogens is 1. The van der Waals surface area contributed by atoms with Crippen molar-refractivity contribution in [1.82, 2.24) is 15.0 Å². The molecular formula is C21H18FN3O. The third kappa shape index (κ3) is 2.92. The molecule has 4 rings (SSSR count). The Morgan fingerprint density at radius 2 is 1.81 bits per heavy atom. The Morgan fingerprint density at radius 1 is 1.00 bits per heavy atom. The van der Waals surface area contributed by atoms with Gasteiger partial charge in [0.15, 0.2) is 0 Å². The van der Waals surface area contributed by atoms with Crippen LogP contribution >= 0.6 is 0 Å². The largest absolute Gasteiger partial charge is 0.497 e. The lowest BCUT2D eigenvalue weighted by atomic mass is 10.0. The first-order valence-electron chi connectivity index (χ1n) is 8.47. The molecule has 0 radical (unpaired) electrons. The van der Waals surface area contributed by atoms with Crippen LogP contribution in [-0.2, 0) is 6.42 Å². The first kappa shape index (κ1) is 16.3. The fourth-order valence-electron chi connectivity index (χ4n) is 3.06. The number of halogens is 1. The van der Waals surface area contributed by atoms with Gasteiger partial charge >= 0.3 is 0 Å². The molecule has 0 unspecified atom stereocenters. The number of imidazole rings is 1. The predicted octanol–water partition coefficient (Wildman–Crippen LogP) is 5.00. The molecule has 2 aromatic carbocycles. The molecule has 0 aliphatic heterocycles. The molecular weight excluding hydrogens is 329 g/mol. The fourth-order valence-corrected chi connectivity index (χ4v) is 3.06. The van der Waals surface area contributed by atoms with Gasteiger partial charge in [-0.05, 0) is 35.0 Å². The lowest BCUT2D eigenvalue weighted by molar-refractivity contribution is 0.415. The van der Waals surface area contributed by atoms with E-state index in [1.165, 1.54) is 12.3 Å². The lowest BCUT2D eigenvalue weighted by Gasteiger charge is -2.06. The summed E-state index contributed by atoms with van der Waals surface area (Å²) in [4.78, 5) is 11.7. The molecule has 0 bridgehead atoms. The van der Waals surface area contributed by atoms with Gasteiger partial charge in [-0.2, -0.15) is 4.39 Å². The second-order valence-electron chi connectivity index (χ2n) is 6.06. The van der Waals surface area contributed by atoms with Gasteiger partial charge in [-0.25, -0.2) is 9.97 Å². The summed E-state index contributed by atoms with van der Waals surface area (Å²) in [5.41, 5.74) is 3.32. The Balaban J connectivity index is 1.87. The number of ether oxygens (including phenoxy) is 1. The number of hydrogen-bond acceptors (Lipinski definition) is 3. The van der Waals surface area contributed by atoms with Crippen molar-refractivity contribution >= 4 is 10.8 Å². The zero-order valence-electron chi connectivity index (χ0n) is 14.6. The number of aryl methyl sites for hydroxylation is 1. The van der Waals surface area contributed by atoms with Crippen molar-refractivity contribution in [2.75, 3.05) is 7.11 Å². The Labute approximate surface area is 150 Å². The standard InChI is InChI=1S/C21H18FN3O/c1-3-19-24-20(21(25-19)16-8-9-23-18(22)12-16)15-5-4-14-11-17(26-2)7-6-13(14)10-15/h4-12H,3H2,1-2H3,(H,24,25). The zero-order chi connectivity index (χ0) is 18.1. The molecule has 0 aliphatic carbocycles. The van der Waals surface area contributed by atoms with Crippen molar-refractivity contribution < 1.29 is 9.13 Å². The number of aromatic nitrogens is 3. The Morgan fingerprint density at radius 3 is 2.58 bits per heavy atom. The fraction of sp³-hybridized carbons (Fsp3) is 0.143. The molecule has 1 N–H and O–H groups in total. The maximum absolute atomic E-state index is 13.6. The summed E-state index contributed by atoms with van der Waals surface area (Å²) in [5, 5.41) is 2.19. The van der Waals surface area contributed by atoms with Crippen LogP contribution in [0.3, 0.4) is 0 Å². The first-order chi connectivity index (χ1) is 12.7. The minimum Gasteiger partial charge on any atom is -0.497 e. The molecule has 0 amide bonds. The number of nitrogens with zero attached hydrogens (tertiary/aromatic N) is 2. The van der Waals surface area contributed by atoms with E-state index in [1.54, 1.807) is 13.2 Å². The molecule has 0 fully saturated rings. The second-order valence-corrected chi connectivity index (χ2v) is 6.06. The minimum absolute atomic E-state index is 0.508. The number of benzene rings is 2. The van der Waals surface area contributed by atoms with Crippen LogP contribution in [0.15, 0.2) is 54.7 Å². The highest BCUT2D eigenvalue weighted by atomic mass is 19.1. The van der Waals surface area contributed by atoms with Crippen LogP contribution in [0.1, 0.15) is 12.7 Å². The molecule has 2 aromatic heterocycles. The number of aromatic amines is 1. The van der Waals surface area contributed by atoms with Gasteiger partial charge in [-0.1, -0.05) is 25.1 Å². The third-order valence-corrected chi connectivity index (χ3v) is 4.42. The first-order valence-corrected chi connectivity index (χ1v) is 8.47. The molecule has 130 valence electrons. The smallest absolute Gasteiger partial charge is 0.213 e. The number of pyridine rings is 1. The summed E-state index contributed by atoms with van der Waals surface area (Å²) >= 11 is 0. The van der Waals surface area contributed by atoms with Crippen molar-refractivity contribution in [2.24, 2.45) is 0 Å². The van der Waals surface area contributed by atoms with Crippen LogP contribution < -0.4 is 4.74 Å². The van der Waals surface area contributed by atoms with Crippen molar-refractivity contribution in [2.45, 2.75) is 13.3 Å². The van der Waals surface area contributed by atoms with Gasteiger partial charge in [0, 0.05) is 29.8 Å². The minimum atomic E-state index is -0.508. The number of rotatable bonds is 4. The summed E-state index contributed by atoms with van der Waals surface area (Å²) in [7, 11) is 1.66. The number of fused-ring (bicyclic) bond motifs is 1. The van der Waals surface area contributed by atoms with Crippen LogP contribution in [-0.4, -0.2) is 22.1 Å². The molecule has 0 aliphatic rings. The van der Waals surface area contributed by atoms with Gasteiger partial charge in [0.1, 0.15) is 11.6 Å². The van der Waals surface area contributed by atoms with E-state index in [9.17, 15) is 4.39 Å². The Bertz CT molecular complexity index is 1090. The summed E-state index contributed by atoms with van der Waals surface area (Å²) in [6.45, 7) is 2.03. The Kier molecular flexibility index (Phi) is 4.13. The molecule has 26 heavy (non-hydrogen) atoms. The molecule has 4 aromatic rings. The molecule has 0 saturated carbocycles. The van der Waals surface area contributed by atoms with E-state index in [0.29, 0.717) is 0 Å². The quantitative estimate of drug-likeness (QED) is 0.528. The summed E-state index contributed by atoms with van der Waals surface area (Å²) < 4.78 is 18.9. The van der Waals surface area contributed by atoms with E-state index >= 15 is 0 Å².